The monoisotopic (exact) mass is 192 g/mol. The Hall–Kier alpha value is 0.700. The van der Waals surface area contributed by atoms with E-state index in [9.17, 15) is 0 Å². The normalized spacial score (nSPS) is 13.4. The van der Waals surface area contributed by atoms with Crippen LogP contribution < -0.4 is 0 Å². The van der Waals surface area contributed by atoms with Crippen LogP contribution in [0.25, 0.3) is 0 Å². The van der Waals surface area contributed by atoms with E-state index in [-0.39, 0.29) is 0 Å². The van der Waals surface area contributed by atoms with Gasteiger partial charge in [0.15, 0.2) is 0 Å². The van der Waals surface area contributed by atoms with Crippen molar-refractivity contribution < 1.29 is 0 Å². The molecular weight excluding hydrogens is 172 g/mol. The fourth-order valence-electron chi connectivity index (χ4n) is 1.03. The molecule has 0 aromatic carbocycles. The van der Waals surface area contributed by atoms with Gasteiger partial charge in [-0.25, -0.2) is 0 Å². The smallest absolute Gasteiger partial charge is 0.00313 e. The highest BCUT2D eigenvalue weighted by Gasteiger charge is 2.04. The molecule has 11 heavy (non-hydrogen) atoms. The molecule has 0 rings (SSSR count). The van der Waals surface area contributed by atoms with Gasteiger partial charge in [0.1, 0.15) is 0 Å². The van der Waals surface area contributed by atoms with Crippen molar-refractivity contribution in [3.8, 4) is 0 Å². The second-order valence-corrected chi connectivity index (χ2v) is 4.43. The minimum absolute atomic E-state index is 0.847. The summed E-state index contributed by atoms with van der Waals surface area (Å²) in [6.45, 7) is 4.49. The SMILES string of the molecule is CCCSCC(CS)CCC. The zero-order chi connectivity index (χ0) is 8.53. The minimum Gasteiger partial charge on any atom is -0.179 e. The van der Waals surface area contributed by atoms with Crippen molar-refractivity contribution in [3.63, 3.8) is 0 Å². The Morgan fingerprint density at radius 2 is 2.00 bits per heavy atom. The predicted molar refractivity (Wildman–Crippen MR) is 59.9 cm³/mol. The molecule has 0 aromatic rings. The Balaban J connectivity index is 3.20. The van der Waals surface area contributed by atoms with Crippen LogP contribution in [-0.4, -0.2) is 17.3 Å². The molecule has 0 N–H and O–H groups in total. The van der Waals surface area contributed by atoms with E-state index >= 15 is 0 Å². The van der Waals surface area contributed by atoms with E-state index in [1.165, 1.54) is 30.8 Å². The highest BCUT2D eigenvalue weighted by molar-refractivity contribution is 7.99. The maximum atomic E-state index is 4.34. The molecule has 1 atom stereocenters. The van der Waals surface area contributed by atoms with Crippen LogP contribution in [0.2, 0.25) is 0 Å². The molecule has 0 aromatic heterocycles. The molecule has 0 spiro atoms. The van der Waals surface area contributed by atoms with Crippen molar-refractivity contribution in [2.45, 2.75) is 33.1 Å². The predicted octanol–water partition coefficient (Wildman–Crippen LogP) is 3.48. The average Bonchev–Trinajstić information content (AvgIpc) is 2.03. The van der Waals surface area contributed by atoms with Gasteiger partial charge in [0.05, 0.1) is 0 Å². The van der Waals surface area contributed by atoms with Gasteiger partial charge in [-0.15, -0.1) is 0 Å². The van der Waals surface area contributed by atoms with Crippen LogP contribution >= 0.6 is 24.4 Å². The minimum atomic E-state index is 0.847. The molecule has 0 saturated heterocycles. The van der Waals surface area contributed by atoms with Crippen LogP contribution in [0.5, 0.6) is 0 Å². The van der Waals surface area contributed by atoms with Crippen molar-refractivity contribution in [3.05, 3.63) is 0 Å². The summed E-state index contributed by atoms with van der Waals surface area (Å²) >= 11 is 6.42. The Labute approximate surface area is 80.9 Å². The summed E-state index contributed by atoms with van der Waals surface area (Å²) in [5.41, 5.74) is 0. The molecule has 0 fully saturated rings. The molecule has 68 valence electrons. The molecule has 0 amide bonds. The number of thioether (sulfide) groups is 1. The molecule has 0 bridgehead atoms. The fraction of sp³-hybridized carbons (Fsp3) is 1.00. The third-order valence-corrected chi connectivity index (χ3v) is 3.58. The fourth-order valence-corrected chi connectivity index (χ4v) is 2.59. The number of thiol groups is 1. The van der Waals surface area contributed by atoms with Crippen LogP contribution in [0.1, 0.15) is 33.1 Å². The molecule has 0 aliphatic heterocycles. The zero-order valence-electron chi connectivity index (χ0n) is 7.68. The van der Waals surface area contributed by atoms with E-state index in [1.54, 1.807) is 0 Å². The first-order valence-corrected chi connectivity index (χ1v) is 6.32. The van der Waals surface area contributed by atoms with Gasteiger partial charge in [-0.3, -0.25) is 0 Å². The zero-order valence-corrected chi connectivity index (χ0v) is 9.39. The summed E-state index contributed by atoms with van der Waals surface area (Å²) in [6.07, 6.45) is 3.95. The van der Waals surface area contributed by atoms with Crippen LogP contribution in [0, 0.1) is 5.92 Å². The molecule has 0 nitrogen and oxygen atoms in total. The van der Waals surface area contributed by atoms with Crippen molar-refractivity contribution in [1.29, 1.82) is 0 Å². The van der Waals surface area contributed by atoms with E-state index in [2.05, 4.69) is 38.2 Å². The molecule has 0 aliphatic rings. The second-order valence-electron chi connectivity index (χ2n) is 2.91. The first-order valence-electron chi connectivity index (χ1n) is 4.53. The molecule has 0 aliphatic carbocycles. The van der Waals surface area contributed by atoms with E-state index in [4.69, 9.17) is 0 Å². The summed E-state index contributed by atoms with van der Waals surface area (Å²) in [4.78, 5) is 0. The summed E-state index contributed by atoms with van der Waals surface area (Å²) in [6, 6.07) is 0. The van der Waals surface area contributed by atoms with Crippen LogP contribution in [0.15, 0.2) is 0 Å². The molecule has 2 heteroatoms. The lowest BCUT2D eigenvalue weighted by Crippen LogP contribution is -2.05. The van der Waals surface area contributed by atoms with Crippen LogP contribution in [0.3, 0.4) is 0 Å². The maximum Gasteiger partial charge on any atom is -0.00313 e. The van der Waals surface area contributed by atoms with Gasteiger partial charge < -0.3 is 0 Å². The quantitative estimate of drug-likeness (QED) is 0.476. The van der Waals surface area contributed by atoms with E-state index in [0.29, 0.717) is 0 Å². The summed E-state index contributed by atoms with van der Waals surface area (Å²) < 4.78 is 0. The lowest BCUT2D eigenvalue weighted by Gasteiger charge is -2.11. The lowest BCUT2D eigenvalue weighted by atomic mass is 10.1. The van der Waals surface area contributed by atoms with Gasteiger partial charge in [-0.1, -0.05) is 20.3 Å². The van der Waals surface area contributed by atoms with Crippen molar-refractivity contribution in [2.24, 2.45) is 5.92 Å². The molecule has 0 heterocycles. The molecule has 1 unspecified atom stereocenters. The first-order chi connectivity index (χ1) is 5.35. The van der Waals surface area contributed by atoms with Gasteiger partial charge in [0, 0.05) is 0 Å². The molecular formula is C9H20S2. The third kappa shape index (κ3) is 7.07. The molecule has 0 radical (unpaired) electrons. The van der Waals surface area contributed by atoms with Crippen molar-refractivity contribution in [2.75, 3.05) is 17.3 Å². The average molecular weight is 192 g/mol. The summed E-state index contributed by atoms with van der Waals surface area (Å²) in [5, 5.41) is 0. The highest BCUT2D eigenvalue weighted by Crippen LogP contribution is 2.15. The van der Waals surface area contributed by atoms with Crippen LogP contribution in [-0.2, 0) is 0 Å². The third-order valence-electron chi connectivity index (χ3n) is 1.66. The number of hydrogen-bond donors (Lipinski definition) is 1. The lowest BCUT2D eigenvalue weighted by molar-refractivity contribution is 0.595. The highest BCUT2D eigenvalue weighted by atomic mass is 32.2. The summed E-state index contributed by atoms with van der Waals surface area (Å²) in [5.74, 6) is 4.53. The van der Waals surface area contributed by atoms with Gasteiger partial charge in [-0.2, -0.15) is 24.4 Å². The van der Waals surface area contributed by atoms with Crippen LogP contribution in [0.4, 0.5) is 0 Å². The Kier molecular flexibility index (Phi) is 9.35. The summed E-state index contributed by atoms with van der Waals surface area (Å²) in [7, 11) is 0. The second kappa shape index (κ2) is 8.79. The van der Waals surface area contributed by atoms with Gasteiger partial charge in [0.2, 0.25) is 0 Å². The first kappa shape index (κ1) is 11.7. The van der Waals surface area contributed by atoms with E-state index in [1.807, 2.05) is 0 Å². The Morgan fingerprint density at radius 3 is 2.45 bits per heavy atom. The topological polar surface area (TPSA) is 0 Å². The largest absolute Gasteiger partial charge is 0.179 e. The van der Waals surface area contributed by atoms with Gasteiger partial charge in [-0.05, 0) is 36.0 Å². The Bertz CT molecular complexity index is 74.0. The molecule has 0 saturated carbocycles. The van der Waals surface area contributed by atoms with E-state index in [0.717, 1.165) is 11.7 Å². The number of hydrogen-bond acceptors (Lipinski definition) is 2. The number of rotatable bonds is 7. The standard InChI is InChI=1S/C9H20S2/c1-3-5-9(7-10)8-11-6-4-2/h9-10H,3-8H2,1-2H3. The van der Waals surface area contributed by atoms with Gasteiger partial charge >= 0.3 is 0 Å². The van der Waals surface area contributed by atoms with Gasteiger partial charge in [0.25, 0.3) is 0 Å². The maximum absolute atomic E-state index is 4.34. The van der Waals surface area contributed by atoms with E-state index < -0.39 is 0 Å². The van der Waals surface area contributed by atoms with Crippen molar-refractivity contribution >= 4 is 24.4 Å². The van der Waals surface area contributed by atoms with Crippen molar-refractivity contribution in [1.82, 2.24) is 0 Å². The Morgan fingerprint density at radius 1 is 1.27 bits per heavy atom.